The van der Waals surface area contributed by atoms with Crippen LogP contribution in [0.3, 0.4) is 0 Å². The lowest BCUT2D eigenvalue weighted by molar-refractivity contribution is 0.322. The molecule has 3 aromatic rings. The first-order chi connectivity index (χ1) is 10.7. The molecule has 0 radical (unpaired) electrons. The van der Waals surface area contributed by atoms with Crippen molar-refractivity contribution in [1.82, 2.24) is 29.8 Å². The highest BCUT2D eigenvalue weighted by atomic mass is 32.1. The number of likely N-dealkylation sites (tertiary alicyclic amines) is 1. The Morgan fingerprint density at radius 2 is 2.23 bits per heavy atom. The number of thiazole rings is 1. The minimum atomic E-state index is 0.152. The molecule has 114 valence electrons. The third-order valence-corrected chi connectivity index (χ3v) is 4.58. The van der Waals surface area contributed by atoms with Crippen LogP contribution < -0.4 is 11.5 Å². The predicted molar refractivity (Wildman–Crippen MR) is 85.3 cm³/mol. The van der Waals surface area contributed by atoms with E-state index in [0.29, 0.717) is 22.9 Å². The van der Waals surface area contributed by atoms with E-state index in [2.05, 4.69) is 35.2 Å². The quantitative estimate of drug-likeness (QED) is 0.657. The van der Waals surface area contributed by atoms with E-state index < -0.39 is 0 Å². The Morgan fingerprint density at radius 1 is 1.32 bits per heavy atom. The van der Waals surface area contributed by atoms with Crippen LogP contribution in [0.15, 0.2) is 10.9 Å². The number of rotatable bonds is 3. The van der Waals surface area contributed by atoms with Crippen molar-refractivity contribution in [1.29, 1.82) is 0 Å². The SMILES string of the molecule is Nc1nc(N)c2[nH]c(C3CCN(Cc4cscn4)C3)nc2n1. The number of fused-ring (bicyclic) bond motifs is 1. The Labute approximate surface area is 130 Å². The minimum absolute atomic E-state index is 0.152. The van der Waals surface area contributed by atoms with Gasteiger partial charge in [0.25, 0.3) is 0 Å². The number of hydrogen-bond donors (Lipinski definition) is 3. The highest BCUT2D eigenvalue weighted by molar-refractivity contribution is 7.07. The van der Waals surface area contributed by atoms with E-state index in [1.54, 1.807) is 11.3 Å². The molecular formula is C13H16N8S. The Kier molecular flexibility index (Phi) is 3.16. The maximum Gasteiger partial charge on any atom is 0.224 e. The summed E-state index contributed by atoms with van der Waals surface area (Å²) in [6, 6.07) is 0. The molecule has 4 rings (SSSR count). The molecule has 1 aliphatic heterocycles. The van der Waals surface area contributed by atoms with Crippen LogP contribution in [-0.2, 0) is 6.54 Å². The van der Waals surface area contributed by atoms with Crippen molar-refractivity contribution < 1.29 is 0 Å². The van der Waals surface area contributed by atoms with Gasteiger partial charge in [0, 0.05) is 24.4 Å². The summed E-state index contributed by atoms with van der Waals surface area (Å²) in [7, 11) is 0. The standard InChI is InChI=1S/C13H16N8S/c14-10-9-12(20-13(15)18-10)19-11(17-9)7-1-2-21(3-7)4-8-5-22-6-16-8/h5-7H,1-4H2,(H5,14,15,17,18,19,20). The number of aromatic amines is 1. The highest BCUT2D eigenvalue weighted by Crippen LogP contribution is 2.28. The van der Waals surface area contributed by atoms with Crippen LogP contribution in [0.2, 0.25) is 0 Å². The lowest BCUT2D eigenvalue weighted by atomic mass is 10.1. The molecule has 0 aliphatic carbocycles. The van der Waals surface area contributed by atoms with Crippen LogP contribution in [0.5, 0.6) is 0 Å². The fraction of sp³-hybridized carbons (Fsp3) is 0.385. The fourth-order valence-electron chi connectivity index (χ4n) is 2.89. The number of nitrogens with two attached hydrogens (primary N) is 2. The fourth-order valence-corrected chi connectivity index (χ4v) is 3.44. The Balaban J connectivity index is 1.54. The van der Waals surface area contributed by atoms with Gasteiger partial charge in [0.05, 0.1) is 11.2 Å². The second-order valence-electron chi connectivity index (χ2n) is 5.49. The van der Waals surface area contributed by atoms with E-state index in [0.717, 1.165) is 37.6 Å². The summed E-state index contributed by atoms with van der Waals surface area (Å²) in [4.78, 5) is 22.6. The molecular weight excluding hydrogens is 300 g/mol. The molecule has 5 N–H and O–H groups in total. The van der Waals surface area contributed by atoms with E-state index in [4.69, 9.17) is 11.5 Å². The van der Waals surface area contributed by atoms with Crippen molar-refractivity contribution in [2.45, 2.75) is 18.9 Å². The second kappa shape index (κ2) is 5.18. The summed E-state index contributed by atoms with van der Waals surface area (Å²) >= 11 is 1.63. The largest absolute Gasteiger partial charge is 0.382 e. The smallest absolute Gasteiger partial charge is 0.224 e. The summed E-state index contributed by atoms with van der Waals surface area (Å²) < 4.78 is 0. The van der Waals surface area contributed by atoms with Gasteiger partial charge in [0.1, 0.15) is 11.3 Å². The molecule has 0 amide bonds. The van der Waals surface area contributed by atoms with Crippen LogP contribution in [0, 0.1) is 0 Å². The van der Waals surface area contributed by atoms with Crippen molar-refractivity contribution >= 4 is 34.3 Å². The van der Waals surface area contributed by atoms with E-state index in [1.807, 2.05) is 5.51 Å². The average Bonchev–Trinajstić information content (AvgIpc) is 3.18. The first-order valence-electron chi connectivity index (χ1n) is 7.07. The van der Waals surface area contributed by atoms with Gasteiger partial charge in [0.15, 0.2) is 11.5 Å². The summed E-state index contributed by atoms with van der Waals surface area (Å²) in [6.07, 6.45) is 1.05. The number of nitrogens with one attached hydrogen (secondary N) is 1. The van der Waals surface area contributed by atoms with Gasteiger partial charge in [-0.1, -0.05) is 0 Å². The monoisotopic (exact) mass is 316 g/mol. The molecule has 1 fully saturated rings. The maximum atomic E-state index is 5.87. The lowest BCUT2D eigenvalue weighted by Gasteiger charge is -2.13. The molecule has 22 heavy (non-hydrogen) atoms. The van der Waals surface area contributed by atoms with Crippen LogP contribution in [-0.4, -0.2) is 42.9 Å². The molecule has 1 aliphatic rings. The zero-order valence-electron chi connectivity index (χ0n) is 11.9. The average molecular weight is 316 g/mol. The summed E-state index contributed by atoms with van der Waals surface area (Å²) in [5.41, 5.74) is 15.7. The number of hydrogen-bond acceptors (Lipinski definition) is 8. The van der Waals surface area contributed by atoms with Crippen molar-refractivity contribution in [3.05, 3.63) is 22.4 Å². The molecule has 0 saturated carbocycles. The van der Waals surface area contributed by atoms with Gasteiger partial charge < -0.3 is 16.5 Å². The summed E-state index contributed by atoms with van der Waals surface area (Å²) in [5.74, 6) is 1.74. The molecule has 8 nitrogen and oxygen atoms in total. The van der Waals surface area contributed by atoms with Gasteiger partial charge in [-0.2, -0.15) is 9.97 Å². The molecule has 0 bridgehead atoms. The maximum absolute atomic E-state index is 5.87. The van der Waals surface area contributed by atoms with E-state index >= 15 is 0 Å². The van der Waals surface area contributed by atoms with E-state index in [9.17, 15) is 0 Å². The number of nitrogens with zero attached hydrogens (tertiary/aromatic N) is 5. The highest BCUT2D eigenvalue weighted by Gasteiger charge is 2.27. The van der Waals surface area contributed by atoms with Crippen molar-refractivity contribution in [2.24, 2.45) is 0 Å². The van der Waals surface area contributed by atoms with Gasteiger partial charge in [-0.15, -0.1) is 11.3 Å². The van der Waals surface area contributed by atoms with Gasteiger partial charge in [-0.3, -0.25) is 4.90 Å². The lowest BCUT2D eigenvalue weighted by Crippen LogP contribution is -2.20. The van der Waals surface area contributed by atoms with Crippen LogP contribution >= 0.6 is 11.3 Å². The molecule has 3 aromatic heterocycles. The second-order valence-corrected chi connectivity index (χ2v) is 6.21. The molecule has 9 heteroatoms. The van der Waals surface area contributed by atoms with Gasteiger partial charge >= 0.3 is 0 Å². The number of H-pyrrole nitrogens is 1. The molecule has 0 aromatic carbocycles. The van der Waals surface area contributed by atoms with E-state index in [1.165, 1.54) is 0 Å². The summed E-state index contributed by atoms with van der Waals surface area (Å²) in [5, 5.41) is 2.09. The third-order valence-electron chi connectivity index (χ3n) is 3.94. The molecule has 1 atom stereocenters. The van der Waals surface area contributed by atoms with Gasteiger partial charge in [-0.05, 0) is 13.0 Å². The number of imidazole rings is 1. The molecule has 1 saturated heterocycles. The third kappa shape index (κ3) is 2.38. The van der Waals surface area contributed by atoms with E-state index in [-0.39, 0.29) is 5.95 Å². The Hall–Kier alpha value is -2.26. The van der Waals surface area contributed by atoms with Crippen molar-refractivity contribution in [3.63, 3.8) is 0 Å². The molecule has 0 spiro atoms. The topological polar surface area (TPSA) is 123 Å². The molecule has 1 unspecified atom stereocenters. The van der Waals surface area contributed by atoms with Crippen molar-refractivity contribution in [2.75, 3.05) is 24.6 Å². The van der Waals surface area contributed by atoms with Crippen LogP contribution in [0.4, 0.5) is 11.8 Å². The Morgan fingerprint density at radius 3 is 3.05 bits per heavy atom. The van der Waals surface area contributed by atoms with Gasteiger partial charge in [-0.25, -0.2) is 9.97 Å². The predicted octanol–water partition coefficient (Wildman–Crippen LogP) is 0.963. The molecule has 4 heterocycles. The number of nitrogen functional groups attached to an aromatic ring is 2. The van der Waals surface area contributed by atoms with Gasteiger partial charge in [0.2, 0.25) is 5.95 Å². The van der Waals surface area contributed by atoms with Crippen LogP contribution in [0.1, 0.15) is 23.9 Å². The van der Waals surface area contributed by atoms with Crippen LogP contribution in [0.25, 0.3) is 11.2 Å². The zero-order chi connectivity index (χ0) is 15.1. The number of anilines is 2. The first-order valence-corrected chi connectivity index (χ1v) is 8.01. The first kappa shape index (κ1) is 13.4. The Bertz CT molecular complexity index is 796. The van der Waals surface area contributed by atoms with Crippen molar-refractivity contribution in [3.8, 4) is 0 Å². The minimum Gasteiger partial charge on any atom is -0.382 e. The zero-order valence-corrected chi connectivity index (χ0v) is 12.7. The summed E-state index contributed by atoms with van der Waals surface area (Å²) in [6.45, 7) is 2.86. The normalized spacial score (nSPS) is 19.2. The number of aromatic nitrogens is 5.